The molecule has 2 aromatic rings. The molecule has 0 radical (unpaired) electrons. The minimum absolute atomic E-state index is 0. The van der Waals surface area contributed by atoms with E-state index in [0.717, 1.165) is 41.6 Å². The lowest BCUT2D eigenvalue weighted by Gasteiger charge is -2.14. The normalized spacial score (nSPS) is 10.7. The van der Waals surface area contributed by atoms with Crippen LogP contribution in [-0.2, 0) is 13.0 Å². The van der Waals surface area contributed by atoms with Gasteiger partial charge in [-0.3, -0.25) is 4.79 Å². The highest BCUT2D eigenvalue weighted by Gasteiger charge is 2.07. The highest BCUT2D eigenvalue weighted by Crippen LogP contribution is 2.28. The first-order valence-electron chi connectivity index (χ1n) is 10.4. The SMILES string of the molecule is CCNC(=NCc1cccc(C(N)=O)c1)NCCc1ccc(OCC)c(OCC)c1.I. The predicted molar refractivity (Wildman–Crippen MR) is 136 cm³/mol. The van der Waals surface area contributed by atoms with Crippen LogP contribution < -0.4 is 25.8 Å². The van der Waals surface area contributed by atoms with Crippen molar-refractivity contribution in [3.63, 3.8) is 0 Å². The summed E-state index contributed by atoms with van der Waals surface area (Å²) in [6, 6.07) is 13.2. The number of carbonyl (C=O) groups excluding carboxylic acids is 1. The minimum atomic E-state index is -0.437. The third-order valence-electron chi connectivity index (χ3n) is 4.29. The van der Waals surface area contributed by atoms with Crippen LogP contribution in [0.3, 0.4) is 0 Å². The van der Waals surface area contributed by atoms with Gasteiger partial charge in [-0.25, -0.2) is 4.99 Å². The molecule has 2 aromatic carbocycles. The number of amides is 1. The Labute approximate surface area is 201 Å². The number of ether oxygens (including phenoxy) is 2. The molecule has 170 valence electrons. The fraction of sp³-hybridized carbons (Fsp3) is 0.391. The number of nitrogens with zero attached hydrogens (tertiary/aromatic N) is 1. The molecule has 0 atom stereocenters. The number of aliphatic imine (C=N–C) groups is 1. The van der Waals surface area contributed by atoms with Crippen LogP contribution in [0.15, 0.2) is 47.5 Å². The third-order valence-corrected chi connectivity index (χ3v) is 4.29. The minimum Gasteiger partial charge on any atom is -0.490 e. The molecular weight excluding hydrogens is 507 g/mol. The monoisotopic (exact) mass is 540 g/mol. The fourth-order valence-corrected chi connectivity index (χ4v) is 2.91. The lowest BCUT2D eigenvalue weighted by molar-refractivity contribution is 0.1000. The van der Waals surface area contributed by atoms with Gasteiger partial charge in [-0.05, 0) is 62.6 Å². The van der Waals surface area contributed by atoms with Crippen LogP contribution in [0.25, 0.3) is 0 Å². The van der Waals surface area contributed by atoms with Gasteiger partial charge in [0.2, 0.25) is 5.91 Å². The van der Waals surface area contributed by atoms with E-state index < -0.39 is 5.91 Å². The second-order valence-electron chi connectivity index (χ2n) is 6.58. The Morgan fingerprint density at radius 3 is 2.39 bits per heavy atom. The number of hydrogen-bond donors (Lipinski definition) is 3. The molecule has 0 spiro atoms. The summed E-state index contributed by atoms with van der Waals surface area (Å²) in [5.41, 5.74) is 7.91. The van der Waals surface area contributed by atoms with Crippen molar-refractivity contribution in [3.05, 3.63) is 59.2 Å². The van der Waals surface area contributed by atoms with Crippen LogP contribution in [0.5, 0.6) is 11.5 Å². The van der Waals surface area contributed by atoms with Crippen molar-refractivity contribution in [2.45, 2.75) is 33.7 Å². The van der Waals surface area contributed by atoms with Crippen LogP contribution in [0.4, 0.5) is 0 Å². The van der Waals surface area contributed by atoms with Crippen molar-refractivity contribution in [2.24, 2.45) is 10.7 Å². The standard InChI is InChI=1S/C23H32N4O3.HI/c1-4-25-23(27-16-18-8-7-9-19(14-18)22(24)28)26-13-12-17-10-11-20(29-5-2)21(15-17)30-6-3;/h7-11,14-15H,4-6,12-13,16H2,1-3H3,(H2,24,28)(H2,25,26,27);1H. The second-order valence-corrected chi connectivity index (χ2v) is 6.58. The smallest absolute Gasteiger partial charge is 0.248 e. The number of guanidine groups is 1. The Bertz CT molecular complexity index is 858. The summed E-state index contributed by atoms with van der Waals surface area (Å²) in [6.45, 7) is 9.06. The molecule has 0 unspecified atom stereocenters. The van der Waals surface area contributed by atoms with Gasteiger partial charge >= 0.3 is 0 Å². The number of halogens is 1. The van der Waals surface area contributed by atoms with Gasteiger partial charge in [0.15, 0.2) is 17.5 Å². The molecule has 7 nitrogen and oxygen atoms in total. The summed E-state index contributed by atoms with van der Waals surface area (Å²) < 4.78 is 11.3. The number of rotatable bonds is 11. The highest BCUT2D eigenvalue weighted by atomic mass is 127. The average molecular weight is 540 g/mol. The maximum Gasteiger partial charge on any atom is 0.248 e. The molecule has 31 heavy (non-hydrogen) atoms. The molecular formula is C23H33IN4O3. The van der Waals surface area contributed by atoms with E-state index in [9.17, 15) is 4.79 Å². The van der Waals surface area contributed by atoms with E-state index in [1.807, 2.05) is 45.0 Å². The van der Waals surface area contributed by atoms with E-state index in [4.69, 9.17) is 15.2 Å². The molecule has 0 bridgehead atoms. The zero-order chi connectivity index (χ0) is 21.8. The molecule has 1 amide bonds. The number of nitrogens with one attached hydrogen (secondary N) is 2. The molecule has 0 aliphatic carbocycles. The summed E-state index contributed by atoms with van der Waals surface area (Å²) >= 11 is 0. The van der Waals surface area contributed by atoms with E-state index in [1.165, 1.54) is 0 Å². The molecule has 2 rings (SSSR count). The number of nitrogens with two attached hydrogens (primary N) is 1. The predicted octanol–water partition coefficient (Wildman–Crippen LogP) is 3.50. The Balaban J connectivity index is 0.00000480. The fourth-order valence-electron chi connectivity index (χ4n) is 2.91. The number of carbonyl (C=O) groups is 1. The molecule has 0 saturated heterocycles. The van der Waals surface area contributed by atoms with Crippen LogP contribution in [0.2, 0.25) is 0 Å². The van der Waals surface area contributed by atoms with Crippen LogP contribution in [0, 0.1) is 0 Å². The first-order chi connectivity index (χ1) is 14.6. The molecule has 0 fully saturated rings. The highest BCUT2D eigenvalue weighted by molar-refractivity contribution is 14.0. The maximum absolute atomic E-state index is 11.3. The Hall–Kier alpha value is -2.49. The first kappa shape index (κ1) is 26.5. The lowest BCUT2D eigenvalue weighted by Crippen LogP contribution is -2.38. The van der Waals surface area contributed by atoms with E-state index in [0.29, 0.717) is 31.9 Å². The van der Waals surface area contributed by atoms with Crippen molar-refractivity contribution >= 4 is 35.8 Å². The van der Waals surface area contributed by atoms with E-state index in [2.05, 4.69) is 21.7 Å². The molecule has 0 heterocycles. The number of hydrogen-bond acceptors (Lipinski definition) is 4. The summed E-state index contributed by atoms with van der Waals surface area (Å²) in [7, 11) is 0. The summed E-state index contributed by atoms with van der Waals surface area (Å²) in [5.74, 6) is 1.82. The largest absolute Gasteiger partial charge is 0.490 e. The van der Waals surface area contributed by atoms with Gasteiger partial charge in [-0.2, -0.15) is 0 Å². The number of primary amides is 1. The van der Waals surface area contributed by atoms with Crippen molar-refractivity contribution in [2.75, 3.05) is 26.3 Å². The summed E-state index contributed by atoms with van der Waals surface area (Å²) in [6.07, 6.45) is 0.814. The van der Waals surface area contributed by atoms with Crippen molar-refractivity contribution in [1.82, 2.24) is 10.6 Å². The molecule has 8 heteroatoms. The Morgan fingerprint density at radius 1 is 0.968 bits per heavy atom. The van der Waals surface area contributed by atoms with Gasteiger partial charge in [-0.15, -0.1) is 24.0 Å². The molecule has 0 aliphatic rings. The number of benzene rings is 2. The summed E-state index contributed by atoms with van der Waals surface area (Å²) in [4.78, 5) is 15.9. The van der Waals surface area contributed by atoms with Gasteiger partial charge in [0, 0.05) is 18.7 Å². The third kappa shape index (κ3) is 9.04. The van der Waals surface area contributed by atoms with E-state index in [-0.39, 0.29) is 24.0 Å². The van der Waals surface area contributed by atoms with E-state index in [1.54, 1.807) is 12.1 Å². The first-order valence-corrected chi connectivity index (χ1v) is 10.4. The molecule has 4 N–H and O–H groups in total. The quantitative estimate of drug-likeness (QED) is 0.230. The topological polar surface area (TPSA) is 98.0 Å². The Morgan fingerprint density at radius 2 is 1.71 bits per heavy atom. The van der Waals surface area contributed by atoms with Crippen molar-refractivity contribution < 1.29 is 14.3 Å². The summed E-state index contributed by atoms with van der Waals surface area (Å²) in [5, 5.41) is 6.58. The molecule has 0 aromatic heterocycles. The van der Waals surface area contributed by atoms with Gasteiger partial charge in [0.1, 0.15) is 0 Å². The van der Waals surface area contributed by atoms with Crippen LogP contribution in [-0.4, -0.2) is 38.2 Å². The van der Waals surface area contributed by atoms with Crippen molar-refractivity contribution in [1.29, 1.82) is 0 Å². The van der Waals surface area contributed by atoms with Crippen molar-refractivity contribution in [3.8, 4) is 11.5 Å². The van der Waals surface area contributed by atoms with Gasteiger partial charge in [0.05, 0.1) is 19.8 Å². The lowest BCUT2D eigenvalue weighted by atomic mass is 10.1. The van der Waals surface area contributed by atoms with Crippen LogP contribution in [0.1, 0.15) is 42.3 Å². The zero-order valence-electron chi connectivity index (χ0n) is 18.4. The maximum atomic E-state index is 11.3. The molecule has 0 saturated carbocycles. The average Bonchev–Trinajstić information content (AvgIpc) is 2.74. The van der Waals surface area contributed by atoms with Gasteiger partial charge in [0.25, 0.3) is 0 Å². The second kappa shape index (κ2) is 14.5. The Kier molecular flexibility index (Phi) is 12.4. The van der Waals surface area contributed by atoms with Crippen LogP contribution >= 0.6 is 24.0 Å². The van der Waals surface area contributed by atoms with Gasteiger partial charge < -0.3 is 25.8 Å². The zero-order valence-corrected chi connectivity index (χ0v) is 20.8. The van der Waals surface area contributed by atoms with E-state index >= 15 is 0 Å². The van der Waals surface area contributed by atoms with Gasteiger partial charge in [-0.1, -0.05) is 18.2 Å². The molecule has 0 aliphatic heterocycles.